The van der Waals surface area contributed by atoms with Gasteiger partial charge in [0.05, 0.1) is 25.3 Å². The van der Waals surface area contributed by atoms with Gasteiger partial charge in [-0.25, -0.2) is 0 Å². The molecule has 2 N–H and O–H groups in total. The van der Waals surface area contributed by atoms with Crippen molar-refractivity contribution in [2.45, 2.75) is 38.0 Å². The Labute approximate surface area is 203 Å². The SMILES string of the molecule is C=CCn1c(SCC(=O)Nc2cccc(C)c2)nnc1[C@H](C)NC(=O)Cc1ccc(OC)cc1. The van der Waals surface area contributed by atoms with Gasteiger partial charge in [0, 0.05) is 12.2 Å². The summed E-state index contributed by atoms with van der Waals surface area (Å²) in [5.41, 5.74) is 2.71. The summed E-state index contributed by atoms with van der Waals surface area (Å²) in [6, 6.07) is 14.6. The highest BCUT2D eigenvalue weighted by Crippen LogP contribution is 2.21. The van der Waals surface area contributed by atoms with Crippen LogP contribution in [0.3, 0.4) is 0 Å². The van der Waals surface area contributed by atoms with Gasteiger partial charge in [-0.1, -0.05) is 42.1 Å². The van der Waals surface area contributed by atoms with E-state index < -0.39 is 0 Å². The standard InChI is InChI=1S/C25H29N5O3S/c1-5-13-30-24(18(3)26-22(31)15-19-9-11-21(33-4)12-10-19)28-29-25(30)34-16-23(32)27-20-8-6-7-17(2)14-20/h5-12,14,18H,1,13,15-16H2,2-4H3,(H,26,31)(H,27,32)/t18-/m0/s1. The van der Waals surface area contributed by atoms with Gasteiger partial charge in [-0.2, -0.15) is 0 Å². The molecule has 2 amide bonds. The molecular weight excluding hydrogens is 450 g/mol. The van der Waals surface area contributed by atoms with Crippen molar-refractivity contribution in [1.29, 1.82) is 0 Å². The molecule has 0 aliphatic heterocycles. The molecule has 178 valence electrons. The molecule has 0 aliphatic rings. The lowest BCUT2D eigenvalue weighted by Crippen LogP contribution is -2.30. The number of carbonyl (C=O) groups is 2. The molecule has 0 saturated carbocycles. The van der Waals surface area contributed by atoms with Gasteiger partial charge in [-0.3, -0.25) is 9.59 Å². The quantitative estimate of drug-likeness (QED) is 0.319. The molecule has 9 heteroatoms. The minimum absolute atomic E-state index is 0.127. The summed E-state index contributed by atoms with van der Waals surface area (Å²) in [6.45, 7) is 8.09. The molecule has 2 aromatic carbocycles. The Bertz CT molecular complexity index is 1140. The third-order valence-corrected chi connectivity index (χ3v) is 5.95. The number of aromatic nitrogens is 3. The number of ether oxygens (including phenoxy) is 1. The number of carbonyl (C=O) groups excluding carboxylic acids is 2. The van der Waals surface area contributed by atoms with E-state index in [9.17, 15) is 9.59 Å². The summed E-state index contributed by atoms with van der Waals surface area (Å²) in [5, 5.41) is 15.0. The molecule has 8 nitrogen and oxygen atoms in total. The van der Waals surface area contributed by atoms with Gasteiger partial charge in [0.2, 0.25) is 11.8 Å². The first-order valence-corrected chi connectivity index (χ1v) is 11.8. The Morgan fingerprint density at radius 1 is 1.18 bits per heavy atom. The predicted octanol–water partition coefficient (Wildman–Crippen LogP) is 3.93. The van der Waals surface area contributed by atoms with Crippen LogP contribution in [0.1, 0.15) is 29.9 Å². The molecule has 34 heavy (non-hydrogen) atoms. The first kappa shape index (κ1) is 25.0. The number of methoxy groups -OCH3 is 1. The van der Waals surface area contributed by atoms with Crippen molar-refractivity contribution >= 4 is 29.3 Å². The van der Waals surface area contributed by atoms with Crippen molar-refractivity contribution < 1.29 is 14.3 Å². The molecule has 1 aromatic heterocycles. The molecule has 1 heterocycles. The summed E-state index contributed by atoms with van der Waals surface area (Å²) in [6.07, 6.45) is 1.97. The second kappa shape index (κ2) is 12.0. The van der Waals surface area contributed by atoms with Crippen molar-refractivity contribution in [3.63, 3.8) is 0 Å². The van der Waals surface area contributed by atoms with Crippen LogP contribution < -0.4 is 15.4 Å². The fourth-order valence-electron chi connectivity index (χ4n) is 3.36. The zero-order valence-electron chi connectivity index (χ0n) is 19.6. The maximum absolute atomic E-state index is 12.6. The number of benzene rings is 2. The Hall–Kier alpha value is -3.59. The van der Waals surface area contributed by atoms with Gasteiger partial charge in [0.15, 0.2) is 11.0 Å². The molecule has 0 bridgehead atoms. The predicted molar refractivity (Wildman–Crippen MR) is 134 cm³/mol. The number of allylic oxidation sites excluding steroid dienone is 1. The van der Waals surface area contributed by atoms with Crippen LogP contribution in [0.25, 0.3) is 0 Å². The van der Waals surface area contributed by atoms with Crippen LogP contribution in [0.4, 0.5) is 5.69 Å². The summed E-state index contributed by atoms with van der Waals surface area (Å²) >= 11 is 1.29. The van der Waals surface area contributed by atoms with E-state index in [1.54, 1.807) is 13.2 Å². The highest BCUT2D eigenvalue weighted by Gasteiger charge is 2.20. The van der Waals surface area contributed by atoms with Gasteiger partial charge in [0.1, 0.15) is 5.75 Å². The van der Waals surface area contributed by atoms with Crippen LogP contribution in [-0.4, -0.2) is 39.4 Å². The lowest BCUT2D eigenvalue weighted by atomic mass is 10.1. The zero-order chi connectivity index (χ0) is 24.5. The first-order valence-electron chi connectivity index (χ1n) is 10.8. The topological polar surface area (TPSA) is 98.1 Å². The van der Waals surface area contributed by atoms with Gasteiger partial charge < -0.3 is 19.9 Å². The lowest BCUT2D eigenvalue weighted by Gasteiger charge is -2.15. The second-order valence-corrected chi connectivity index (χ2v) is 8.70. The number of rotatable bonds is 11. The van der Waals surface area contributed by atoms with E-state index in [4.69, 9.17) is 4.74 Å². The van der Waals surface area contributed by atoms with Crippen molar-refractivity contribution in [3.05, 3.63) is 78.1 Å². The van der Waals surface area contributed by atoms with Gasteiger partial charge in [-0.05, 0) is 49.2 Å². The highest BCUT2D eigenvalue weighted by atomic mass is 32.2. The van der Waals surface area contributed by atoms with Crippen LogP contribution in [0, 0.1) is 6.92 Å². The van der Waals surface area contributed by atoms with Crippen LogP contribution in [0.15, 0.2) is 66.3 Å². The fraction of sp³-hybridized carbons (Fsp3) is 0.280. The summed E-state index contributed by atoms with van der Waals surface area (Å²) < 4.78 is 7.01. The normalized spacial score (nSPS) is 11.5. The molecule has 0 saturated heterocycles. The second-order valence-electron chi connectivity index (χ2n) is 7.76. The molecule has 0 fully saturated rings. The van der Waals surface area contributed by atoms with Crippen LogP contribution in [0.5, 0.6) is 5.75 Å². The van der Waals surface area contributed by atoms with E-state index in [2.05, 4.69) is 27.4 Å². The number of aryl methyl sites for hydroxylation is 1. The van der Waals surface area contributed by atoms with E-state index in [-0.39, 0.29) is 30.0 Å². The van der Waals surface area contributed by atoms with Crippen molar-refractivity contribution in [2.75, 3.05) is 18.2 Å². The third-order valence-electron chi connectivity index (χ3n) is 4.98. The van der Waals surface area contributed by atoms with E-state index >= 15 is 0 Å². The minimum Gasteiger partial charge on any atom is -0.497 e. The summed E-state index contributed by atoms with van der Waals surface area (Å²) in [5.74, 6) is 1.27. The fourth-order valence-corrected chi connectivity index (χ4v) is 4.12. The molecule has 0 unspecified atom stereocenters. The average molecular weight is 480 g/mol. The Morgan fingerprint density at radius 3 is 2.62 bits per heavy atom. The van der Waals surface area contributed by atoms with E-state index in [1.807, 2.05) is 66.9 Å². The Morgan fingerprint density at radius 2 is 1.94 bits per heavy atom. The maximum atomic E-state index is 12.6. The Balaban J connectivity index is 1.60. The van der Waals surface area contributed by atoms with Gasteiger partial charge in [-0.15, -0.1) is 16.8 Å². The summed E-state index contributed by atoms with van der Waals surface area (Å²) in [4.78, 5) is 25.0. The van der Waals surface area contributed by atoms with Crippen LogP contribution in [0.2, 0.25) is 0 Å². The van der Waals surface area contributed by atoms with Gasteiger partial charge >= 0.3 is 0 Å². The van der Waals surface area contributed by atoms with Crippen LogP contribution in [-0.2, 0) is 22.6 Å². The minimum atomic E-state index is -0.367. The number of nitrogens with one attached hydrogen (secondary N) is 2. The molecule has 3 aromatic rings. The molecule has 1 atom stereocenters. The van der Waals surface area contributed by atoms with E-state index in [1.165, 1.54) is 11.8 Å². The van der Waals surface area contributed by atoms with Gasteiger partial charge in [0.25, 0.3) is 0 Å². The monoisotopic (exact) mass is 479 g/mol. The number of hydrogen-bond donors (Lipinski definition) is 2. The van der Waals surface area contributed by atoms with Crippen molar-refractivity contribution in [2.24, 2.45) is 0 Å². The number of hydrogen-bond acceptors (Lipinski definition) is 6. The maximum Gasteiger partial charge on any atom is 0.234 e. The number of thioether (sulfide) groups is 1. The zero-order valence-corrected chi connectivity index (χ0v) is 20.4. The smallest absolute Gasteiger partial charge is 0.234 e. The Kier molecular flexibility index (Phi) is 8.86. The van der Waals surface area contributed by atoms with E-state index in [0.717, 1.165) is 22.6 Å². The molecule has 0 radical (unpaired) electrons. The first-order chi connectivity index (χ1) is 16.4. The highest BCUT2D eigenvalue weighted by molar-refractivity contribution is 7.99. The van der Waals surface area contributed by atoms with Crippen molar-refractivity contribution in [3.8, 4) is 5.75 Å². The third kappa shape index (κ3) is 6.95. The number of amides is 2. The number of nitrogens with zero attached hydrogens (tertiary/aromatic N) is 3. The number of anilines is 1. The van der Waals surface area contributed by atoms with Crippen LogP contribution >= 0.6 is 11.8 Å². The van der Waals surface area contributed by atoms with E-state index in [0.29, 0.717) is 17.5 Å². The van der Waals surface area contributed by atoms with Crippen molar-refractivity contribution in [1.82, 2.24) is 20.1 Å². The summed E-state index contributed by atoms with van der Waals surface area (Å²) in [7, 11) is 1.60. The molecular formula is C25H29N5O3S. The average Bonchev–Trinajstić information content (AvgIpc) is 3.21. The largest absolute Gasteiger partial charge is 0.497 e. The molecule has 0 spiro atoms. The lowest BCUT2D eigenvalue weighted by molar-refractivity contribution is -0.121. The molecule has 3 rings (SSSR count). The molecule has 0 aliphatic carbocycles.